The summed E-state index contributed by atoms with van der Waals surface area (Å²) in [4.78, 5) is 0. The molecular weight excluding hydrogens is 464 g/mol. The van der Waals surface area contributed by atoms with E-state index in [0.29, 0.717) is 0 Å². The minimum absolute atomic E-state index is 1.20. The number of unbranched alkanes of at least 4 members (excludes halogenated alkanes) is 10. The molecule has 4 aromatic carbocycles. The Morgan fingerprint density at radius 1 is 0.432 bits per heavy atom. The lowest BCUT2D eigenvalue weighted by Gasteiger charge is -2.06. The van der Waals surface area contributed by atoms with E-state index >= 15 is 0 Å². The average molecular weight is 509 g/mol. The molecule has 1 heterocycles. The number of rotatable bonds is 14. The topological polar surface area (TPSA) is 0 Å². The first-order valence-corrected chi connectivity index (χ1v) is 15.9. The number of thiophene rings is 1. The molecule has 0 nitrogen and oxygen atoms in total. The standard InChI is InChI=1S/C36H44S/c1-3-5-7-9-10-11-12-14-16-28-18-20-30-24-34-33-23-29-19-17-27(15-13-8-6-4-2)21-31(29)25-35(33)37-36(34)26-32(30)22-28/h17-26H,3-16H2,1-2H3. The second kappa shape index (κ2) is 12.9. The molecule has 0 aliphatic carbocycles. The second-order valence-corrected chi connectivity index (χ2v) is 12.3. The van der Waals surface area contributed by atoms with Gasteiger partial charge in [0, 0.05) is 20.2 Å². The van der Waals surface area contributed by atoms with Crippen molar-refractivity contribution in [1.29, 1.82) is 0 Å². The lowest BCUT2D eigenvalue weighted by atomic mass is 9.99. The number of benzene rings is 4. The predicted molar refractivity (Wildman–Crippen MR) is 169 cm³/mol. The number of aryl methyl sites for hydroxylation is 2. The van der Waals surface area contributed by atoms with Gasteiger partial charge in [-0.15, -0.1) is 11.3 Å². The molecule has 1 heteroatoms. The zero-order valence-electron chi connectivity index (χ0n) is 23.1. The maximum atomic E-state index is 2.45. The van der Waals surface area contributed by atoms with E-state index in [-0.39, 0.29) is 0 Å². The van der Waals surface area contributed by atoms with Crippen LogP contribution in [0.1, 0.15) is 102 Å². The lowest BCUT2D eigenvalue weighted by molar-refractivity contribution is 0.575. The van der Waals surface area contributed by atoms with Crippen molar-refractivity contribution in [2.45, 2.75) is 104 Å². The Balaban J connectivity index is 1.31. The van der Waals surface area contributed by atoms with Gasteiger partial charge in [-0.1, -0.05) is 114 Å². The van der Waals surface area contributed by atoms with Gasteiger partial charge in [-0.05, 0) is 82.6 Å². The van der Waals surface area contributed by atoms with E-state index in [9.17, 15) is 0 Å². The van der Waals surface area contributed by atoms with Crippen molar-refractivity contribution in [2.75, 3.05) is 0 Å². The Labute approximate surface area is 228 Å². The van der Waals surface area contributed by atoms with Gasteiger partial charge in [-0.3, -0.25) is 0 Å². The van der Waals surface area contributed by atoms with Crippen LogP contribution in [0.5, 0.6) is 0 Å². The largest absolute Gasteiger partial charge is 0.135 e. The van der Waals surface area contributed by atoms with E-state index in [1.807, 2.05) is 11.3 Å². The van der Waals surface area contributed by atoms with Crippen LogP contribution in [-0.4, -0.2) is 0 Å². The van der Waals surface area contributed by atoms with E-state index < -0.39 is 0 Å². The van der Waals surface area contributed by atoms with Crippen LogP contribution in [0, 0.1) is 0 Å². The Morgan fingerprint density at radius 3 is 1.35 bits per heavy atom. The van der Waals surface area contributed by atoms with Crippen LogP contribution in [-0.2, 0) is 12.8 Å². The molecule has 0 saturated carbocycles. The third-order valence-corrected chi connectivity index (χ3v) is 9.27. The fourth-order valence-corrected chi connectivity index (χ4v) is 7.06. The molecule has 5 rings (SSSR count). The molecule has 37 heavy (non-hydrogen) atoms. The Hall–Kier alpha value is -2.38. The maximum Gasteiger partial charge on any atom is 0.0361 e. The molecule has 0 amide bonds. The highest BCUT2D eigenvalue weighted by Crippen LogP contribution is 2.39. The fraction of sp³-hybridized carbons (Fsp3) is 0.444. The summed E-state index contributed by atoms with van der Waals surface area (Å²) in [7, 11) is 0. The summed E-state index contributed by atoms with van der Waals surface area (Å²) in [5.41, 5.74) is 2.98. The van der Waals surface area contributed by atoms with Crippen LogP contribution < -0.4 is 0 Å². The van der Waals surface area contributed by atoms with Gasteiger partial charge in [-0.25, -0.2) is 0 Å². The van der Waals surface area contributed by atoms with Crippen molar-refractivity contribution in [3.8, 4) is 0 Å². The third-order valence-electron chi connectivity index (χ3n) is 8.15. The van der Waals surface area contributed by atoms with Crippen LogP contribution in [0.15, 0.2) is 60.7 Å². The molecule has 0 bridgehead atoms. The fourth-order valence-electron chi connectivity index (χ4n) is 5.89. The molecule has 5 aromatic rings. The zero-order chi connectivity index (χ0) is 25.5. The van der Waals surface area contributed by atoms with E-state index in [1.165, 1.54) is 143 Å². The van der Waals surface area contributed by atoms with Crippen LogP contribution in [0.2, 0.25) is 0 Å². The van der Waals surface area contributed by atoms with E-state index in [2.05, 4.69) is 74.5 Å². The molecule has 1 aromatic heterocycles. The quantitative estimate of drug-likeness (QED) is 0.131. The molecule has 0 aliphatic heterocycles. The summed E-state index contributed by atoms with van der Waals surface area (Å²) in [6.45, 7) is 4.58. The monoisotopic (exact) mass is 508 g/mol. The summed E-state index contributed by atoms with van der Waals surface area (Å²) in [5.74, 6) is 0. The molecule has 0 fully saturated rings. The average Bonchev–Trinajstić information content (AvgIpc) is 3.25. The van der Waals surface area contributed by atoms with Crippen molar-refractivity contribution in [1.82, 2.24) is 0 Å². The smallest absolute Gasteiger partial charge is 0.0361 e. The highest BCUT2D eigenvalue weighted by atomic mass is 32.1. The van der Waals surface area contributed by atoms with Crippen LogP contribution in [0.3, 0.4) is 0 Å². The van der Waals surface area contributed by atoms with Gasteiger partial charge in [0.05, 0.1) is 0 Å². The van der Waals surface area contributed by atoms with Gasteiger partial charge in [0.2, 0.25) is 0 Å². The number of fused-ring (bicyclic) bond motifs is 5. The van der Waals surface area contributed by atoms with Crippen molar-refractivity contribution in [3.05, 3.63) is 71.8 Å². The normalized spacial score (nSPS) is 11.9. The van der Waals surface area contributed by atoms with E-state index in [4.69, 9.17) is 0 Å². The minimum atomic E-state index is 1.20. The van der Waals surface area contributed by atoms with Gasteiger partial charge < -0.3 is 0 Å². The lowest BCUT2D eigenvalue weighted by Crippen LogP contribution is -1.87. The molecule has 0 spiro atoms. The molecular formula is C36H44S. The molecule has 0 N–H and O–H groups in total. The summed E-state index contributed by atoms with van der Waals surface area (Å²) in [6.07, 6.45) is 18.8. The molecule has 0 saturated heterocycles. The molecule has 0 radical (unpaired) electrons. The third kappa shape index (κ3) is 6.55. The second-order valence-electron chi connectivity index (χ2n) is 11.2. The molecule has 0 aliphatic rings. The minimum Gasteiger partial charge on any atom is -0.135 e. The van der Waals surface area contributed by atoms with Crippen molar-refractivity contribution < 1.29 is 0 Å². The van der Waals surface area contributed by atoms with Gasteiger partial charge in [0.1, 0.15) is 0 Å². The molecule has 0 unspecified atom stereocenters. The molecule has 194 valence electrons. The van der Waals surface area contributed by atoms with Crippen LogP contribution >= 0.6 is 11.3 Å². The molecule has 0 atom stereocenters. The highest BCUT2D eigenvalue weighted by Gasteiger charge is 2.09. The van der Waals surface area contributed by atoms with Crippen molar-refractivity contribution in [3.63, 3.8) is 0 Å². The maximum absolute atomic E-state index is 2.45. The Kier molecular flexibility index (Phi) is 9.16. The zero-order valence-corrected chi connectivity index (χ0v) is 23.9. The van der Waals surface area contributed by atoms with Gasteiger partial charge in [0.25, 0.3) is 0 Å². The predicted octanol–water partition coefficient (Wildman–Crippen LogP) is 12.2. The SMILES string of the molecule is CCCCCCCCCCc1ccc2cc3c(cc2c1)sc1cc2cc(CCCCCC)ccc2cc13. The summed E-state index contributed by atoms with van der Waals surface area (Å²) >= 11 is 1.96. The first-order valence-electron chi connectivity index (χ1n) is 15.1. The van der Waals surface area contributed by atoms with Gasteiger partial charge >= 0.3 is 0 Å². The van der Waals surface area contributed by atoms with Crippen molar-refractivity contribution >= 4 is 53.1 Å². The Bertz CT molecular complexity index is 1450. The summed E-state index contributed by atoms with van der Waals surface area (Å²) in [6, 6.07) is 24.0. The van der Waals surface area contributed by atoms with Crippen molar-refractivity contribution in [2.24, 2.45) is 0 Å². The Morgan fingerprint density at radius 2 is 0.865 bits per heavy atom. The van der Waals surface area contributed by atoms with E-state index in [1.54, 1.807) is 0 Å². The van der Waals surface area contributed by atoms with E-state index in [0.717, 1.165) is 0 Å². The van der Waals surface area contributed by atoms with Gasteiger partial charge in [-0.2, -0.15) is 0 Å². The first-order chi connectivity index (χ1) is 18.2. The summed E-state index contributed by atoms with van der Waals surface area (Å²) in [5, 5.41) is 8.35. The highest BCUT2D eigenvalue weighted by molar-refractivity contribution is 7.26. The number of hydrogen-bond donors (Lipinski definition) is 0. The first kappa shape index (κ1) is 26.2. The van der Waals surface area contributed by atoms with Crippen LogP contribution in [0.4, 0.5) is 0 Å². The number of hydrogen-bond acceptors (Lipinski definition) is 1. The summed E-state index contributed by atoms with van der Waals surface area (Å²) < 4.78 is 2.84. The van der Waals surface area contributed by atoms with Gasteiger partial charge in [0.15, 0.2) is 0 Å². The van der Waals surface area contributed by atoms with Crippen LogP contribution in [0.25, 0.3) is 41.7 Å².